The molecule has 4 rings (SSSR count). The van der Waals surface area contributed by atoms with Gasteiger partial charge in [-0.2, -0.15) is 0 Å². The van der Waals surface area contributed by atoms with Crippen molar-refractivity contribution in [2.24, 2.45) is 0 Å². The maximum Gasteiger partial charge on any atom is 0.178 e. The summed E-state index contributed by atoms with van der Waals surface area (Å²) in [4.78, 5) is 0.424. The molecule has 0 N–H and O–H groups in total. The quantitative estimate of drug-likeness (QED) is 0.208. The minimum Gasteiger partial charge on any atom is -0.374 e. The van der Waals surface area contributed by atoms with E-state index in [-0.39, 0.29) is 11.9 Å². The van der Waals surface area contributed by atoms with E-state index < -0.39 is 9.84 Å². The lowest BCUT2D eigenvalue weighted by Crippen LogP contribution is -2.17. The molecule has 0 spiro atoms. The predicted molar refractivity (Wildman–Crippen MR) is 149 cm³/mol. The molecular formula is C27H31Br2NO3S. The van der Waals surface area contributed by atoms with Crippen LogP contribution in [0.5, 0.6) is 0 Å². The normalized spacial score (nSPS) is 16.4. The molecule has 1 atom stereocenters. The maximum absolute atomic E-state index is 13.0. The number of aromatic nitrogens is 1. The second-order valence-corrected chi connectivity index (χ2v) is 12.8. The van der Waals surface area contributed by atoms with Crippen molar-refractivity contribution in [2.45, 2.75) is 58.1 Å². The topological polar surface area (TPSA) is 48.3 Å². The van der Waals surface area contributed by atoms with Gasteiger partial charge in [-0.1, -0.05) is 70.2 Å². The van der Waals surface area contributed by atoms with Gasteiger partial charge >= 0.3 is 0 Å². The number of fused-ring (bicyclic) bond motifs is 3. The van der Waals surface area contributed by atoms with Crippen molar-refractivity contribution >= 4 is 63.5 Å². The summed E-state index contributed by atoms with van der Waals surface area (Å²) in [7, 11) is -3.32. The van der Waals surface area contributed by atoms with Crippen molar-refractivity contribution in [1.29, 1.82) is 0 Å². The molecule has 0 saturated carbocycles. The van der Waals surface area contributed by atoms with Gasteiger partial charge in [0.1, 0.15) is 0 Å². The largest absolute Gasteiger partial charge is 0.374 e. The Morgan fingerprint density at radius 1 is 0.971 bits per heavy atom. The smallest absolute Gasteiger partial charge is 0.178 e. The Kier molecular flexibility index (Phi) is 8.72. The number of nitrogens with zero attached hydrogens (tertiary/aromatic N) is 1. The summed E-state index contributed by atoms with van der Waals surface area (Å²) in [5.41, 5.74) is 2.23. The Hall–Kier alpha value is -1.41. The number of sulfone groups is 1. The third-order valence-electron chi connectivity index (χ3n) is 6.30. The van der Waals surface area contributed by atoms with E-state index in [0.717, 1.165) is 43.8 Å². The highest BCUT2D eigenvalue weighted by Crippen LogP contribution is 2.33. The molecule has 1 unspecified atom stereocenters. The lowest BCUT2D eigenvalue weighted by atomic mass is 10.1. The Morgan fingerprint density at radius 2 is 1.65 bits per heavy atom. The number of hydrogen-bond donors (Lipinski definition) is 0. The first kappa shape index (κ1) is 25.7. The SMILES string of the molecule is CCCCCCOC1C=CC(S(=O)(=O)CCCn2c3ccc(Br)cc3c3cc(Br)ccc32)=CC1. The first-order valence-corrected chi connectivity index (χ1v) is 15.2. The molecule has 1 aromatic heterocycles. The van der Waals surface area contributed by atoms with E-state index in [1.807, 2.05) is 24.3 Å². The van der Waals surface area contributed by atoms with Crippen LogP contribution in [0.3, 0.4) is 0 Å². The van der Waals surface area contributed by atoms with Gasteiger partial charge in [0.15, 0.2) is 9.84 Å². The van der Waals surface area contributed by atoms with Crippen molar-refractivity contribution < 1.29 is 13.2 Å². The zero-order valence-electron chi connectivity index (χ0n) is 19.5. The monoisotopic (exact) mass is 607 g/mol. The minimum atomic E-state index is -3.32. The van der Waals surface area contributed by atoms with E-state index in [4.69, 9.17) is 4.74 Å². The molecule has 0 bridgehead atoms. The molecule has 0 aliphatic heterocycles. The lowest BCUT2D eigenvalue weighted by molar-refractivity contribution is 0.0831. The van der Waals surface area contributed by atoms with E-state index in [1.165, 1.54) is 19.3 Å². The second kappa shape index (κ2) is 11.5. The van der Waals surface area contributed by atoms with Crippen LogP contribution in [0.25, 0.3) is 21.8 Å². The van der Waals surface area contributed by atoms with Crippen LogP contribution < -0.4 is 0 Å². The van der Waals surface area contributed by atoms with Crippen LogP contribution in [-0.2, 0) is 21.1 Å². The number of ether oxygens (including phenoxy) is 1. The molecule has 1 aliphatic carbocycles. The number of benzene rings is 2. The highest BCUT2D eigenvalue weighted by molar-refractivity contribution is 9.10. The standard InChI is InChI=1S/C27H31Br2NO3S/c1-2-3-4-5-16-33-22-9-11-23(12-10-22)34(31,32)17-6-15-30-26-13-7-20(28)18-24(26)25-19-21(29)8-14-27(25)30/h7-9,11-14,18-19,22H,2-6,10,15-17H2,1H3. The molecular weight excluding hydrogens is 578 g/mol. The average Bonchev–Trinajstić information content (AvgIpc) is 3.11. The molecule has 34 heavy (non-hydrogen) atoms. The molecule has 2 aromatic carbocycles. The summed E-state index contributed by atoms with van der Waals surface area (Å²) in [5.74, 6) is 0.125. The van der Waals surface area contributed by atoms with Crippen molar-refractivity contribution in [3.8, 4) is 0 Å². The van der Waals surface area contributed by atoms with Crippen LogP contribution in [0.4, 0.5) is 0 Å². The van der Waals surface area contributed by atoms with Crippen LogP contribution in [-0.4, -0.2) is 31.4 Å². The summed E-state index contributed by atoms with van der Waals surface area (Å²) in [6.07, 6.45) is 11.3. The molecule has 0 amide bonds. The molecule has 0 fully saturated rings. The van der Waals surface area contributed by atoms with Crippen LogP contribution in [0, 0.1) is 0 Å². The van der Waals surface area contributed by atoms with Crippen LogP contribution >= 0.6 is 31.9 Å². The van der Waals surface area contributed by atoms with Crippen molar-refractivity contribution in [2.75, 3.05) is 12.4 Å². The molecule has 0 radical (unpaired) electrons. The van der Waals surface area contributed by atoms with E-state index in [0.29, 0.717) is 24.3 Å². The second-order valence-electron chi connectivity index (χ2n) is 8.82. The number of rotatable bonds is 11. The molecule has 7 heteroatoms. The predicted octanol–water partition coefficient (Wildman–Crippen LogP) is 7.93. The summed E-state index contributed by atoms with van der Waals surface area (Å²) in [6, 6.07) is 12.5. The number of hydrogen-bond acceptors (Lipinski definition) is 3. The summed E-state index contributed by atoms with van der Waals surface area (Å²) in [5, 5.41) is 2.32. The Labute approximate surface area is 219 Å². The highest BCUT2D eigenvalue weighted by atomic mass is 79.9. The molecule has 182 valence electrons. The summed E-state index contributed by atoms with van der Waals surface area (Å²) < 4.78 is 36.1. The van der Waals surface area contributed by atoms with Gasteiger partial charge in [0, 0.05) is 43.9 Å². The highest BCUT2D eigenvalue weighted by Gasteiger charge is 2.20. The van der Waals surface area contributed by atoms with Gasteiger partial charge in [0.25, 0.3) is 0 Å². The lowest BCUT2D eigenvalue weighted by Gasteiger charge is -2.17. The van der Waals surface area contributed by atoms with Gasteiger partial charge in [0.05, 0.1) is 16.8 Å². The van der Waals surface area contributed by atoms with Crippen molar-refractivity contribution in [3.63, 3.8) is 0 Å². The fraction of sp³-hybridized carbons (Fsp3) is 0.407. The third kappa shape index (κ3) is 6.04. The van der Waals surface area contributed by atoms with Gasteiger partial charge in [-0.3, -0.25) is 0 Å². The van der Waals surface area contributed by atoms with Gasteiger partial charge in [0.2, 0.25) is 0 Å². The third-order valence-corrected chi connectivity index (χ3v) is 9.13. The van der Waals surface area contributed by atoms with E-state index in [1.54, 1.807) is 6.08 Å². The van der Waals surface area contributed by atoms with Crippen LogP contribution in [0.15, 0.2) is 68.5 Å². The van der Waals surface area contributed by atoms with Gasteiger partial charge < -0.3 is 9.30 Å². The summed E-state index contributed by atoms with van der Waals surface area (Å²) in [6.45, 7) is 3.57. The first-order chi connectivity index (χ1) is 16.4. The minimum absolute atomic E-state index is 0.0168. The first-order valence-electron chi connectivity index (χ1n) is 12.0. The fourth-order valence-corrected chi connectivity index (χ4v) is 6.62. The molecule has 1 aliphatic rings. The van der Waals surface area contributed by atoms with Gasteiger partial charge in [-0.25, -0.2) is 8.42 Å². The Balaban J connectivity index is 1.39. The van der Waals surface area contributed by atoms with Crippen molar-refractivity contribution in [3.05, 3.63) is 68.5 Å². The van der Waals surface area contributed by atoms with E-state index in [2.05, 4.69) is 67.6 Å². The van der Waals surface area contributed by atoms with E-state index >= 15 is 0 Å². The van der Waals surface area contributed by atoms with Gasteiger partial charge in [-0.15, -0.1) is 0 Å². The van der Waals surface area contributed by atoms with Crippen LogP contribution in [0.2, 0.25) is 0 Å². The number of unbranched alkanes of at least 4 members (excludes halogenated alkanes) is 3. The zero-order chi connectivity index (χ0) is 24.1. The number of aryl methyl sites for hydroxylation is 1. The Morgan fingerprint density at radius 3 is 2.24 bits per heavy atom. The molecule has 4 nitrogen and oxygen atoms in total. The molecule has 1 heterocycles. The summed E-state index contributed by atoms with van der Waals surface area (Å²) >= 11 is 7.15. The average molecular weight is 609 g/mol. The van der Waals surface area contributed by atoms with Crippen LogP contribution in [0.1, 0.15) is 45.4 Å². The molecule has 3 aromatic rings. The molecule has 0 saturated heterocycles. The number of allylic oxidation sites excluding steroid dienone is 1. The fourth-order valence-electron chi connectivity index (χ4n) is 4.52. The number of halogens is 2. The van der Waals surface area contributed by atoms with Gasteiger partial charge in [-0.05, 0) is 61.7 Å². The Bertz CT molecular complexity index is 1270. The maximum atomic E-state index is 13.0. The van der Waals surface area contributed by atoms with Crippen molar-refractivity contribution in [1.82, 2.24) is 4.57 Å². The van der Waals surface area contributed by atoms with E-state index in [9.17, 15) is 8.42 Å². The zero-order valence-corrected chi connectivity index (χ0v) is 23.5.